The molecule has 0 aliphatic carbocycles. The average Bonchev–Trinajstić information content (AvgIpc) is 2.93. The molecule has 0 amide bonds. The molecule has 1 saturated heterocycles. The number of ketones is 1. The molecule has 2 N–H and O–H groups in total. The molecule has 0 saturated carbocycles. The largest absolute Gasteiger partial charge is 0.398 e. The van der Waals surface area contributed by atoms with Gasteiger partial charge in [0.2, 0.25) is 0 Å². The van der Waals surface area contributed by atoms with Crippen LogP contribution in [0.1, 0.15) is 40.5 Å². The molecule has 1 rings (SSSR count). The number of carbonyl (C=O) groups is 1. The van der Waals surface area contributed by atoms with Crippen LogP contribution >= 0.6 is 0 Å². The van der Waals surface area contributed by atoms with Gasteiger partial charge < -0.3 is 21.8 Å². The van der Waals surface area contributed by atoms with Crippen LogP contribution in [0.2, 0.25) is 0 Å². The summed E-state index contributed by atoms with van der Waals surface area (Å²) in [6, 6.07) is -0.0624. The molecule has 0 spiro atoms. The molecule has 21 heavy (non-hydrogen) atoms. The van der Waals surface area contributed by atoms with Crippen molar-refractivity contribution in [3.63, 3.8) is 0 Å². The van der Waals surface area contributed by atoms with E-state index in [1.54, 1.807) is 13.0 Å². The summed E-state index contributed by atoms with van der Waals surface area (Å²) in [7, 11) is 0. The Morgan fingerprint density at radius 2 is 2.10 bits per heavy atom. The summed E-state index contributed by atoms with van der Waals surface area (Å²) in [5.41, 5.74) is 7.67. The third-order valence-electron chi connectivity index (χ3n) is 3.14. The standard InChI is InChI=1S/C15H23N2O.C2H6.Re/c1-4-6-8-13(14(16)5-2)11-17-10-7-9-15(17)12(3)18;1-2;/h5-6,8-9,15H,2,4,7,10-11,16H2,1,3H3;1-2H3;/q-1;;/b8-6-,14-13-;;. The van der Waals surface area contributed by atoms with Gasteiger partial charge >= 0.3 is 0 Å². The number of likely N-dealkylation sites (tertiary alicyclic amines) is 1. The maximum Gasteiger partial charge on any atom is 0.116 e. The van der Waals surface area contributed by atoms with Gasteiger partial charge in [0.05, 0.1) is 0 Å². The van der Waals surface area contributed by atoms with Gasteiger partial charge in [-0.05, 0) is 31.5 Å². The van der Waals surface area contributed by atoms with Crippen LogP contribution in [0.15, 0.2) is 36.1 Å². The summed E-state index contributed by atoms with van der Waals surface area (Å²) in [5, 5.41) is 0. The summed E-state index contributed by atoms with van der Waals surface area (Å²) in [6.45, 7) is 13.1. The Morgan fingerprint density at radius 1 is 1.48 bits per heavy atom. The number of carbonyl (C=O) groups excluding carboxylic acids is 1. The van der Waals surface area contributed by atoms with Crippen molar-refractivity contribution in [1.82, 2.24) is 4.90 Å². The molecule has 1 heterocycles. The zero-order valence-corrected chi connectivity index (χ0v) is 16.4. The second-order valence-corrected chi connectivity index (χ2v) is 4.55. The van der Waals surface area contributed by atoms with Gasteiger partial charge in [0.1, 0.15) is 5.78 Å². The summed E-state index contributed by atoms with van der Waals surface area (Å²) >= 11 is 0. The number of rotatable bonds is 6. The SMILES string of the molecule is C=C/C(N)=C(\C=C/CC)CN1CC[CH-]C1C(C)=O.CC.[Re]. The van der Waals surface area contributed by atoms with E-state index >= 15 is 0 Å². The second-order valence-electron chi connectivity index (χ2n) is 4.55. The molecular weight excluding hydrogens is 434 g/mol. The smallest absolute Gasteiger partial charge is 0.116 e. The number of Topliss-reactive ketones (excluding diaryl/α,β-unsaturated/α-hetero) is 1. The van der Waals surface area contributed by atoms with Gasteiger partial charge in [0.15, 0.2) is 0 Å². The summed E-state index contributed by atoms with van der Waals surface area (Å²) < 4.78 is 0. The quantitative estimate of drug-likeness (QED) is 0.486. The average molecular weight is 464 g/mol. The van der Waals surface area contributed by atoms with E-state index in [0.717, 1.165) is 25.0 Å². The Bertz CT molecular complexity index is 375. The topological polar surface area (TPSA) is 46.3 Å². The molecule has 0 bridgehead atoms. The van der Waals surface area contributed by atoms with Crippen molar-refractivity contribution in [1.29, 1.82) is 0 Å². The maximum absolute atomic E-state index is 11.5. The molecule has 1 unspecified atom stereocenters. The van der Waals surface area contributed by atoms with Crippen molar-refractivity contribution >= 4 is 5.78 Å². The molecule has 1 aliphatic heterocycles. The molecule has 0 aromatic rings. The van der Waals surface area contributed by atoms with Gasteiger partial charge in [0.25, 0.3) is 0 Å². The van der Waals surface area contributed by atoms with Crippen molar-refractivity contribution in [3.05, 3.63) is 42.5 Å². The number of nitrogens with zero attached hydrogens (tertiary/aromatic N) is 1. The van der Waals surface area contributed by atoms with Gasteiger partial charge in [-0.1, -0.05) is 45.5 Å². The Balaban J connectivity index is 0. The van der Waals surface area contributed by atoms with Gasteiger partial charge in [-0.15, -0.1) is 0 Å². The van der Waals surface area contributed by atoms with Crippen LogP contribution < -0.4 is 5.73 Å². The number of hydrogen-bond donors (Lipinski definition) is 1. The third kappa shape index (κ3) is 7.76. The van der Waals surface area contributed by atoms with Crippen molar-refractivity contribution < 1.29 is 25.2 Å². The Hall–Kier alpha value is -0.688. The van der Waals surface area contributed by atoms with E-state index in [-0.39, 0.29) is 32.2 Å². The summed E-state index contributed by atoms with van der Waals surface area (Å²) in [6.07, 6.45) is 9.78. The van der Waals surface area contributed by atoms with E-state index in [9.17, 15) is 4.79 Å². The van der Waals surface area contributed by atoms with Gasteiger partial charge in [-0.2, -0.15) is 6.42 Å². The van der Waals surface area contributed by atoms with Crippen molar-refractivity contribution in [2.45, 2.75) is 46.6 Å². The number of nitrogens with two attached hydrogens (primary N) is 1. The zero-order valence-electron chi connectivity index (χ0n) is 13.7. The molecule has 3 nitrogen and oxygen atoms in total. The molecule has 4 heteroatoms. The monoisotopic (exact) mass is 464 g/mol. The van der Waals surface area contributed by atoms with Crippen molar-refractivity contribution in [3.8, 4) is 0 Å². The Morgan fingerprint density at radius 3 is 2.57 bits per heavy atom. The summed E-state index contributed by atoms with van der Waals surface area (Å²) in [4.78, 5) is 13.7. The fourth-order valence-electron chi connectivity index (χ4n) is 2.14. The fourth-order valence-corrected chi connectivity index (χ4v) is 2.14. The first-order valence-electron chi connectivity index (χ1n) is 7.45. The van der Waals surface area contributed by atoms with Gasteiger partial charge in [0, 0.05) is 32.7 Å². The number of allylic oxidation sites excluding steroid dienone is 2. The van der Waals surface area contributed by atoms with Crippen LogP contribution in [0.4, 0.5) is 0 Å². The minimum absolute atomic E-state index is 0. The Labute approximate surface area is 144 Å². The first-order valence-corrected chi connectivity index (χ1v) is 7.45. The zero-order chi connectivity index (χ0) is 15.5. The summed E-state index contributed by atoms with van der Waals surface area (Å²) in [5.74, 6) is 0.198. The maximum atomic E-state index is 11.5. The molecule has 0 aromatic heterocycles. The third-order valence-corrected chi connectivity index (χ3v) is 3.14. The number of hydrogen-bond acceptors (Lipinski definition) is 3. The van der Waals surface area contributed by atoms with Crippen LogP contribution in [-0.2, 0) is 25.2 Å². The van der Waals surface area contributed by atoms with E-state index < -0.39 is 0 Å². The molecule has 0 aromatic carbocycles. The normalized spacial score (nSPS) is 19.3. The predicted molar refractivity (Wildman–Crippen MR) is 87.1 cm³/mol. The van der Waals surface area contributed by atoms with Crippen LogP contribution in [-0.4, -0.2) is 29.8 Å². The van der Waals surface area contributed by atoms with Gasteiger partial charge in [-0.25, -0.2) is 0 Å². The molecule has 1 radical (unpaired) electrons. The molecule has 121 valence electrons. The van der Waals surface area contributed by atoms with Crippen LogP contribution in [0.25, 0.3) is 0 Å². The van der Waals surface area contributed by atoms with E-state index in [0.29, 0.717) is 12.2 Å². The van der Waals surface area contributed by atoms with Gasteiger partial charge in [-0.3, -0.25) is 0 Å². The first kappa shape index (κ1) is 22.6. The van der Waals surface area contributed by atoms with E-state index in [1.165, 1.54) is 0 Å². The minimum atomic E-state index is -0.0624. The molecular formula is C17H29N2ORe-. The van der Waals surface area contributed by atoms with Crippen molar-refractivity contribution in [2.24, 2.45) is 5.73 Å². The van der Waals surface area contributed by atoms with Crippen molar-refractivity contribution in [2.75, 3.05) is 13.1 Å². The van der Waals surface area contributed by atoms with Crippen LogP contribution in [0.3, 0.4) is 0 Å². The first-order chi connectivity index (χ1) is 9.60. The fraction of sp³-hybridized carbons (Fsp3) is 0.529. The molecule has 1 atom stereocenters. The van der Waals surface area contributed by atoms with E-state index in [1.807, 2.05) is 19.9 Å². The molecule has 1 fully saturated rings. The van der Waals surface area contributed by atoms with E-state index in [4.69, 9.17) is 5.73 Å². The Kier molecular flexibility index (Phi) is 14.0. The minimum Gasteiger partial charge on any atom is -0.398 e. The second kappa shape index (κ2) is 13.0. The van der Waals surface area contributed by atoms with Crippen LogP contribution in [0, 0.1) is 6.42 Å². The van der Waals surface area contributed by atoms with E-state index in [2.05, 4.69) is 30.9 Å². The molecule has 1 aliphatic rings. The van der Waals surface area contributed by atoms with Crippen LogP contribution in [0.5, 0.6) is 0 Å². The predicted octanol–water partition coefficient (Wildman–Crippen LogP) is 3.24.